The summed E-state index contributed by atoms with van der Waals surface area (Å²) < 4.78 is 5.58. The maximum Gasteiger partial charge on any atom is 0.197 e. The summed E-state index contributed by atoms with van der Waals surface area (Å²) in [4.78, 5) is 4.45. The van der Waals surface area contributed by atoms with E-state index in [-0.39, 0.29) is 6.61 Å². The number of aryl methyl sites for hydroxylation is 1. The van der Waals surface area contributed by atoms with Gasteiger partial charge in [0.1, 0.15) is 6.61 Å². The fourth-order valence-corrected chi connectivity index (χ4v) is 2.15. The molecule has 1 aromatic heterocycles. The fourth-order valence-electron chi connectivity index (χ4n) is 2.15. The van der Waals surface area contributed by atoms with Crippen LogP contribution in [0.3, 0.4) is 0 Å². The normalized spacial score (nSPS) is 17.9. The molecule has 1 N–H and O–H groups in total. The lowest BCUT2D eigenvalue weighted by molar-refractivity contribution is 0.239. The van der Waals surface area contributed by atoms with Crippen molar-refractivity contribution in [1.82, 2.24) is 4.98 Å². The summed E-state index contributed by atoms with van der Waals surface area (Å²) >= 11 is 0. The van der Waals surface area contributed by atoms with Crippen LogP contribution in [0, 0.1) is 0 Å². The zero-order valence-electron chi connectivity index (χ0n) is 8.62. The van der Waals surface area contributed by atoms with E-state index >= 15 is 0 Å². The quantitative estimate of drug-likeness (QED) is 0.805. The van der Waals surface area contributed by atoms with Crippen molar-refractivity contribution in [3.63, 3.8) is 0 Å². The minimum atomic E-state index is -0.0249. The maximum absolute atomic E-state index is 9.07. The van der Waals surface area contributed by atoms with Gasteiger partial charge in [0.15, 0.2) is 11.7 Å². The third-order valence-electron chi connectivity index (χ3n) is 2.98. The Bertz CT molecular complexity index is 279. The molecule has 0 spiro atoms. The van der Waals surface area contributed by atoms with E-state index in [4.69, 9.17) is 9.52 Å². The van der Waals surface area contributed by atoms with Crippen LogP contribution in [0.4, 0.5) is 0 Å². The van der Waals surface area contributed by atoms with Crippen molar-refractivity contribution >= 4 is 0 Å². The number of hydrogen-bond donors (Lipinski definition) is 1. The Hall–Kier alpha value is -0.830. The molecular weight excluding hydrogens is 178 g/mol. The summed E-state index contributed by atoms with van der Waals surface area (Å²) in [7, 11) is 0. The predicted octanol–water partition coefficient (Wildman–Crippen LogP) is 2.39. The largest absolute Gasteiger partial charge is 0.443 e. The summed E-state index contributed by atoms with van der Waals surface area (Å²) in [5, 5.41) is 9.07. The Morgan fingerprint density at radius 3 is 2.64 bits per heavy atom. The molecular formula is C11H17NO2. The molecule has 1 saturated carbocycles. The van der Waals surface area contributed by atoms with Crippen molar-refractivity contribution in [2.24, 2.45) is 0 Å². The number of aliphatic hydroxyl groups is 1. The van der Waals surface area contributed by atoms with Crippen molar-refractivity contribution in [3.8, 4) is 0 Å². The molecule has 1 aliphatic rings. The Labute approximate surface area is 84.2 Å². The summed E-state index contributed by atoms with van der Waals surface area (Å²) in [6, 6.07) is 0. The summed E-state index contributed by atoms with van der Waals surface area (Å²) in [5.74, 6) is 2.01. The number of aromatic nitrogens is 1. The standard InChI is InChI=1S/C11H17NO2/c1-2-9-10(7-13)14-11(12-9)8-5-3-4-6-8/h8,13H,2-7H2,1H3. The third-order valence-corrected chi connectivity index (χ3v) is 2.98. The van der Waals surface area contributed by atoms with Crippen LogP contribution in [0.5, 0.6) is 0 Å². The molecule has 0 aliphatic heterocycles. The molecule has 0 atom stereocenters. The Balaban J connectivity index is 2.21. The average molecular weight is 195 g/mol. The highest BCUT2D eigenvalue weighted by molar-refractivity contribution is 5.11. The van der Waals surface area contributed by atoms with Crippen LogP contribution in [0.2, 0.25) is 0 Å². The highest BCUT2D eigenvalue weighted by Gasteiger charge is 2.23. The van der Waals surface area contributed by atoms with Gasteiger partial charge in [-0.25, -0.2) is 4.98 Å². The average Bonchev–Trinajstić information content (AvgIpc) is 2.85. The lowest BCUT2D eigenvalue weighted by Crippen LogP contribution is -1.92. The first-order valence-corrected chi connectivity index (χ1v) is 5.44. The van der Waals surface area contributed by atoms with Gasteiger partial charge in [-0.15, -0.1) is 0 Å². The molecule has 1 aromatic rings. The number of hydrogen-bond acceptors (Lipinski definition) is 3. The summed E-state index contributed by atoms with van der Waals surface area (Å²) in [6.45, 7) is 2.01. The fraction of sp³-hybridized carbons (Fsp3) is 0.727. The van der Waals surface area contributed by atoms with E-state index in [9.17, 15) is 0 Å². The molecule has 1 fully saturated rings. The molecule has 0 unspecified atom stereocenters. The Kier molecular flexibility index (Phi) is 2.87. The highest BCUT2D eigenvalue weighted by Crippen LogP contribution is 2.34. The van der Waals surface area contributed by atoms with Crippen LogP contribution in [0.1, 0.15) is 55.9 Å². The molecule has 78 valence electrons. The van der Waals surface area contributed by atoms with Crippen molar-refractivity contribution < 1.29 is 9.52 Å². The van der Waals surface area contributed by atoms with Crippen LogP contribution in [0.15, 0.2) is 4.42 Å². The predicted molar refractivity (Wildman–Crippen MR) is 53.0 cm³/mol. The van der Waals surface area contributed by atoms with Gasteiger partial charge in [0, 0.05) is 5.92 Å². The smallest absolute Gasteiger partial charge is 0.197 e. The molecule has 0 amide bonds. The first-order chi connectivity index (χ1) is 6.85. The zero-order chi connectivity index (χ0) is 9.97. The van der Waals surface area contributed by atoms with Crippen LogP contribution in [0.25, 0.3) is 0 Å². The molecule has 1 heterocycles. The third kappa shape index (κ3) is 1.69. The van der Waals surface area contributed by atoms with Crippen LogP contribution in [-0.2, 0) is 13.0 Å². The van der Waals surface area contributed by atoms with Crippen molar-refractivity contribution in [1.29, 1.82) is 0 Å². The van der Waals surface area contributed by atoms with Gasteiger partial charge in [-0.1, -0.05) is 19.8 Å². The first kappa shape index (κ1) is 9.71. The van der Waals surface area contributed by atoms with Gasteiger partial charge >= 0.3 is 0 Å². The van der Waals surface area contributed by atoms with Gasteiger partial charge < -0.3 is 9.52 Å². The van der Waals surface area contributed by atoms with Crippen LogP contribution < -0.4 is 0 Å². The number of rotatable bonds is 3. The van der Waals surface area contributed by atoms with Gasteiger partial charge in [0.25, 0.3) is 0 Å². The van der Waals surface area contributed by atoms with Gasteiger partial charge in [0.05, 0.1) is 5.69 Å². The SMILES string of the molecule is CCc1nc(C2CCCC2)oc1CO. The molecule has 3 heteroatoms. The van der Waals surface area contributed by atoms with E-state index < -0.39 is 0 Å². The zero-order valence-corrected chi connectivity index (χ0v) is 8.62. The van der Waals surface area contributed by atoms with Crippen LogP contribution in [-0.4, -0.2) is 10.1 Å². The lowest BCUT2D eigenvalue weighted by atomic mass is 10.1. The topological polar surface area (TPSA) is 46.3 Å². The van der Waals surface area contributed by atoms with E-state index in [0.717, 1.165) is 18.0 Å². The summed E-state index contributed by atoms with van der Waals surface area (Å²) in [6.07, 6.45) is 5.78. The van der Waals surface area contributed by atoms with Gasteiger partial charge in [0.2, 0.25) is 0 Å². The Morgan fingerprint density at radius 2 is 2.14 bits per heavy atom. The van der Waals surface area contributed by atoms with Crippen molar-refractivity contribution in [2.75, 3.05) is 0 Å². The summed E-state index contributed by atoms with van der Waals surface area (Å²) in [5.41, 5.74) is 0.925. The maximum atomic E-state index is 9.07. The second-order valence-corrected chi connectivity index (χ2v) is 3.92. The number of oxazole rings is 1. The number of aliphatic hydroxyl groups excluding tert-OH is 1. The van der Waals surface area contributed by atoms with Crippen molar-refractivity contribution in [2.45, 2.75) is 51.6 Å². The van der Waals surface area contributed by atoms with E-state index in [0.29, 0.717) is 11.7 Å². The molecule has 0 saturated heterocycles. The molecule has 0 radical (unpaired) electrons. The van der Waals surface area contributed by atoms with Crippen molar-refractivity contribution in [3.05, 3.63) is 17.3 Å². The lowest BCUT2D eigenvalue weighted by Gasteiger charge is -2.01. The molecule has 14 heavy (non-hydrogen) atoms. The molecule has 0 aromatic carbocycles. The highest BCUT2D eigenvalue weighted by atomic mass is 16.4. The first-order valence-electron chi connectivity index (χ1n) is 5.44. The molecule has 3 nitrogen and oxygen atoms in total. The molecule has 2 rings (SSSR count). The Morgan fingerprint density at radius 1 is 1.43 bits per heavy atom. The second kappa shape index (κ2) is 4.13. The number of nitrogens with zero attached hydrogens (tertiary/aromatic N) is 1. The second-order valence-electron chi connectivity index (χ2n) is 3.92. The van der Waals surface area contributed by atoms with Gasteiger partial charge in [-0.2, -0.15) is 0 Å². The van der Waals surface area contributed by atoms with Gasteiger partial charge in [-0.3, -0.25) is 0 Å². The van der Waals surface area contributed by atoms with E-state index in [1.54, 1.807) is 0 Å². The minimum Gasteiger partial charge on any atom is -0.443 e. The molecule has 1 aliphatic carbocycles. The van der Waals surface area contributed by atoms with E-state index in [2.05, 4.69) is 4.98 Å². The molecule has 0 bridgehead atoms. The monoisotopic (exact) mass is 195 g/mol. The minimum absolute atomic E-state index is 0.0249. The van der Waals surface area contributed by atoms with E-state index in [1.165, 1.54) is 25.7 Å². The van der Waals surface area contributed by atoms with Crippen LogP contribution >= 0.6 is 0 Å². The van der Waals surface area contributed by atoms with Gasteiger partial charge in [-0.05, 0) is 19.3 Å². The van der Waals surface area contributed by atoms with E-state index in [1.807, 2.05) is 6.92 Å².